The zero-order chi connectivity index (χ0) is 8.97. The zero-order valence-electron chi connectivity index (χ0n) is 6.80. The number of methoxy groups -OCH3 is 1. The van der Waals surface area contributed by atoms with Gasteiger partial charge in [-0.2, -0.15) is 5.10 Å². The molecular weight excluding hydrogens is 158 g/mol. The predicted octanol–water partition coefficient (Wildman–Crippen LogP) is -0.617. The molecule has 0 saturated heterocycles. The normalized spacial score (nSPS) is 12.5. The molecule has 5 heteroatoms. The van der Waals surface area contributed by atoms with Gasteiger partial charge in [0.15, 0.2) is 0 Å². The number of esters is 1. The van der Waals surface area contributed by atoms with Gasteiger partial charge in [-0.05, 0) is 6.07 Å². The first kappa shape index (κ1) is 8.73. The van der Waals surface area contributed by atoms with Crippen LogP contribution in [0, 0.1) is 0 Å². The van der Waals surface area contributed by atoms with Crippen molar-refractivity contribution in [1.82, 2.24) is 9.78 Å². The van der Waals surface area contributed by atoms with Gasteiger partial charge in [0.2, 0.25) is 0 Å². The van der Waals surface area contributed by atoms with Crippen molar-refractivity contribution in [2.75, 3.05) is 7.11 Å². The molecule has 0 fully saturated rings. The number of hydrogen-bond acceptors (Lipinski definition) is 4. The average molecular weight is 169 g/mol. The van der Waals surface area contributed by atoms with E-state index in [9.17, 15) is 4.79 Å². The molecule has 2 N–H and O–H groups in total. The van der Waals surface area contributed by atoms with E-state index >= 15 is 0 Å². The van der Waals surface area contributed by atoms with Crippen molar-refractivity contribution in [1.29, 1.82) is 0 Å². The molecule has 1 atom stereocenters. The minimum absolute atomic E-state index is 0.347. The summed E-state index contributed by atoms with van der Waals surface area (Å²) in [6.45, 7) is 0.347. The maximum Gasteiger partial charge on any atom is 0.324 e. The first-order chi connectivity index (χ1) is 5.74. The van der Waals surface area contributed by atoms with Crippen LogP contribution >= 0.6 is 0 Å². The second kappa shape index (κ2) is 3.87. The number of hydrogen-bond donors (Lipinski definition) is 1. The van der Waals surface area contributed by atoms with Gasteiger partial charge in [0.05, 0.1) is 13.7 Å². The molecule has 0 aliphatic heterocycles. The SMILES string of the molecule is COC(=O)[C@H](N)Cn1cccn1. The minimum atomic E-state index is -0.644. The molecule has 0 spiro atoms. The van der Waals surface area contributed by atoms with E-state index in [1.165, 1.54) is 7.11 Å². The summed E-state index contributed by atoms with van der Waals surface area (Å²) in [5.74, 6) is -0.425. The van der Waals surface area contributed by atoms with Crippen LogP contribution in [0.15, 0.2) is 18.5 Å². The van der Waals surface area contributed by atoms with Gasteiger partial charge < -0.3 is 10.5 Å². The van der Waals surface area contributed by atoms with Crippen LogP contribution in [0.2, 0.25) is 0 Å². The fourth-order valence-corrected chi connectivity index (χ4v) is 0.836. The molecule has 0 bridgehead atoms. The van der Waals surface area contributed by atoms with E-state index < -0.39 is 12.0 Å². The van der Waals surface area contributed by atoms with Gasteiger partial charge >= 0.3 is 5.97 Å². The number of ether oxygens (including phenoxy) is 1. The summed E-state index contributed by atoms with van der Waals surface area (Å²) in [6, 6.07) is 1.12. The molecule has 0 unspecified atom stereocenters. The quantitative estimate of drug-likeness (QED) is 0.612. The summed E-state index contributed by atoms with van der Waals surface area (Å²) >= 11 is 0. The molecule has 12 heavy (non-hydrogen) atoms. The second-order valence-corrected chi connectivity index (χ2v) is 2.36. The van der Waals surface area contributed by atoms with E-state index in [0.717, 1.165) is 0 Å². The van der Waals surface area contributed by atoms with Gasteiger partial charge in [-0.1, -0.05) is 0 Å². The summed E-state index contributed by atoms with van der Waals surface area (Å²) < 4.78 is 6.04. The van der Waals surface area contributed by atoms with E-state index in [2.05, 4.69) is 9.84 Å². The third kappa shape index (κ3) is 2.06. The number of nitrogens with zero attached hydrogens (tertiary/aromatic N) is 2. The van der Waals surface area contributed by atoms with Gasteiger partial charge in [0, 0.05) is 12.4 Å². The smallest absolute Gasteiger partial charge is 0.324 e. The van der Waals surface area contributed by atoms with E-state index in [-0.39, 0.29) is 0 Å². The highest BCUT2D eigenvalue weighted by molar-refractivity contribution is 5.75. The Hall–Kier alpha value is -1.36. The van der Waals surface area contributed by atoms with Crippen molar-refractivity contribution < 1.29 is 9.53 Å². The molecule has 0 radical (unpaired) electrons. The summed E-state index contributed by atoms with van der Waals surface area (Å²) in [5, 5.41) is 3.90. The third-order valence-electron chi connectivity index (χ3n) is 1.45. The Morgan fingerprint density at radius 3 is 3.08 bits per heavy atom. The molecule has 0 amide bonds. The van der Waals surface area contributed by atoms with Gasteiger partial charge in [-0.25, -0.2) is 0 Å². The van der Waals surface area contributed by atoms with Crippen molar-refractivity contribution >= 4 is 5.97 Å². The fraction of sp³-hybridized carbons (Fsp3) is 0.429. The molecule has 0 saturated carbocycles. The van der Waals surface area contributed by atoms with Crippen LogP contribution in [-0.2, 0) is 16.1 Å². The van der Waals surface area contributed by atoms with Crippen LogP contribution in [0.3, 0.4) is 0 Å². The molecule has 1 aromatic heterocycles. The number of nitrogens with two attached hydrogens (primary N) is 1. The highest BCUT2D eigenvalue weighted by Crippen LogP contribution is 1.90. The van der Waals surface area contributed by atoms with E-state index in [0.29, 0.717) is 6.54 Å². The molecule has 0 aromatic carbocycles. The topological polar surface area (TPSA) is 70.1 Å². The summed E-state index contributed by atoms with van der Waals surface area (Å²) in [6.07, 6.45) is 3.37. The second-order valence-electron chi connectivity index (χ2n) is 2.36. The molecule has 0 aliphatic carbocycles. The first-order valence-electron chi connectivity index (χ1n) is 3.55. The number of rotatable bonds is 3. The van der Waals surface area contributed by atoms with Gasteiger partial charge in [-0.3, -0.25) is 9.48 Å². The van der Waals surface area contributed by atoms with E-state index in [4.69, 9.17) is 5.73 Å². The molecule has 0 aliphatic rings. The van der Waals surface area contributed by atoms with Crippen molar-refractivity contribution in [3.63, 3.8) is 0 Å². The van der Waals surface area contributed by atoms with Crippen molar-refractivity contribution in [2.45, 2.75) is 12.6 Å². The molecule has 1 rings (SSSR count). The minimum Gasteiger partial charge on any atom is -0.468 e. The third-order valence-corrected chi connectivity index (χ3v) is 1.45. The summed E-state index contributed by atoms with van der Waals surface area (Å²) in [4.78, 5) is 10.8. The van der Waals surface area contributed by atoms with Crippen LogP contribution in [-0.4, -0.2) is 28.9 Å². The van der Waals surface area contributed by atoms with Crippen molar-refractivity contribution in [3.8, 4) is 0 Å². The van der Waals surface area contributed by atoms with Crippen LogP contribution in [0.25, 0.3) is 0 Å². The fourth-order valence-electron chi connectivity index (χ4n) is 0.836. The van der Waals surface area contributed by atoms with E-state index in [1.807, 2.05) is 0 Å². The Morgan fingerprint density at radius 1 is 1.83 bits per heavy atom. The highest BCUT2D eigenvalue weighted by atomic mass is 16.5. The summed E-state index contributed by atoms with van der Waals surface area (Å²) in [7, 11) is 1.31. The lowest BCUT2D eigenvalue weighted by atomic mass is 10.3. The Kier molecular flexibility index (Phi) is 2.82. The Bertz CT molecular complexity index is 245. The number of carbonyl (C=O) groups is 1. The van der Waals surface area contributed by atoms with Crippen LogP contribution in [0.5, 0.6) is 0 Å². The molecule has 1 aromatic rings. The Balaban J connectivity index is 2.47. The van der Waals surface area contributed by atoms with Crippen LogP contribution < -0.4 is 5.73 Å². The van der Waals surface area contributed by atoms with Crippen molar-refractivity contribution in [3.05, 3.63) is 18.5 Å². The standard InChI is InChI=1S/C7H11N3O2/c1-12-7(11)6(8)5-10-4-2-3-9-10/h2-4,6H,5,8H2,1H3/t6-/m1/s1. The van der Waals surface area contributed by atoms with Crippen LogP contribution in [0.4, 0.5) is 0 Å². The van der Waals surface area contributed by atoms with Crippen molar-refractivity contribution in [2.24, 2.45) is 5.73 Å². The van der Waals surface area contributed by atoms with E-state index in [1.54, 1.807) is 23.1 Å². The monoisotopic (exact) mass is 169 g/mol. The lowest BCUT2D eigenvalue weighted by Gasteiger charge is -2.08. The number of carbonyl (C=O) groups excluding carboxylic acids is 1. The zero-order valence-corrected chi connectivity index (χ0v) is 6.80. The predicted molar refractivity (Wildman–Crippen MR) is 42.2 cm³/mol. The Morgan fingerprint density at radius 2 is 2.58 bits per heavy atom. The Labute approximate surface area is 70.1 Å². The highest BCUT2D eigenvalue weighted by Gasteiger charge is 2.13. The molecule has 5 nitrogen and oxygen atoms in total. The van der Waals surface area contributed by atoms with Gasteiger partial charge in [0.1, 0.15) is 6.04 Å². The number of aromatic nitrogens is 2. The molecule has 1 heterocycles. The van der Waals surface area contributed by atoms with Gasteiger partial charge in [-0.15, -0.1) is 0 Å². The summed E-state index contributed by atoms with van der Waals surface area (Å²) in [5.41, 5.74) is 5.48. The van der Waals surface area contributed by atoms with Crippen LogP contribution in [0.1, 0.15) is 0 Å². The lowest BCUT2D eigenvalue weighted by molar-refractivity contribution is -0.142. The lowest BCUT2D eigenvalue weighted by Crippen LogP contribution is -2.35. The maximum atomic E-state index is 10.8. The largest absolute Gasteiger partial charge is 0.468 e. The molecule has 66 valence electrons. The molecular formula is C7H11N3O2. The average Bonchev–Trinajstić information content (AvgIpc) is 2.55. The first-order valence-corrected chi connectivity index (χ1v) is 3.55. The maximum absolute atomic E-state index is 10.8. The van der Waals surface area contributed by atoms with Gasteiger partial charge in [0.25, 0.3) is 0 Å².